The maximum absolute atomic E-state index is 14.2. The Balaban J connectivity index is 1.78. The van der Waals surface area contributed by atoms with Crippen molar-refractivity contribution in [1.82, 2.24) is 5.32 Å². The van der Waals surface area contributed by atoms with E-state index in [2.05, 4.69) is 10.2 Å². The van der Waals surface area contributed by atoms with E-state index in [1.165, 1.54) is 0 Å². The predicted molar refractivity (Wildman–Crippen MR) is 83.3 cm³/mol. The van der Waals surface area contributed by atoms with Crippen molar-refractivity contribution in [2.24, 2.45) is 0 Å². The first-order valence-electron chi connectivity index (χ1n) is 8.22. The van der Waals surface area contributed by atoms with Gasteiger partial charge < -0.3 is 19.7 Å². The van der Waals surface area contributed by atoms with Gasteiger partial charge in [0.1, 0.15) is 17.7 Å². The van der Waals surface area contributed by atoms with E-state index in [1.807, 2.05) is 0 Å². The van der Waals surface area contributed by atoms with E-state index < -0.39 is 0 Å². The van der Waals surface area contributed by atoms with Crippen molar-refractivity contribution in [3.05, 3.63) is 23.5 Å². The fourth-order valence-corrected chi connectivity index (χ4v) is 3.73. The Labute approximate surface area is 130 Å². The number of piperazine rings is 1. The standard InChI is InChI=1S/C17H23FN2O2/c1-21-10-14-8-13-9-19-4-5-20(13)16-7-12(18)6-15(11-2-3-11)17(16)22-14/h6-7,11,13-14,19H,2-5,8-10H2,1H3/t13-,14+/m1/s1. The highest BCUT2D eigenvalue weighted by Crippen LogP contribution is 2.49. The summed E-state index contributed by atoms with van der Waals surface area (Å²) in [4.78, 5) is 2.33. The van der Waals surface area contributed by atoms with Crippen molar-refractivity contribution < 1.29 is 13.9 Å². The number of fused-ring (bicyclic) bond motifs is 3. The Bertz CT molecular complexity index is 562. The van der Waals surface area contributed by atoms with Crippen molar-refractivity contribution in [2.75, 3.05) is 38.3 Å². The van der Waals surface area contributed by atoms with E-state index in [0.29, 0.717) is 18.6 Å². The first kappa shape index (κ1) is 14.3. The van der Waals surface area contributed by atoms with Gasteiger partial charge in [0.2, 0.25) is 0 Å². The van der Waals surface area contributed by atoms with E-state index in [0.717, 1.165) is 55.9 Å². The lowest BCUT2D eigenvalue weighted by Gasteiger charge is -2.37. The molecule has 1 saturated heterocycles. The zero-order valence-electron chi connectivity index (χ0n) is 13.0. The quantitative estimate of drug-likeness (QED) is 0.929. The number of ether oxygens (including phenoxy) is 2. The Morgan fingerprint density at radius 2 is 2.27 bits per heavy atom. The summed E-state index contributed by atoms with van der Waals surface area (Å²) in [6.45, 7) is 3.32. The van der Waals surface area contributed by atoms with Crippen LogP contribution in [-0.2, 0) is 4.74 Å². The van der Waals surface area contributed by atoms with E-state index in [9.17, 15) is 4.39 Å². The van der Waals surface area contributed by atoms with Crippen molar-refractivity contribution in [2.45, 2.75) is 37.3 Å². The summed E-state index contributed by atoms with van der Waals surface area (Å²) in [6.07, 6.45) is 3.21. The maximum Gasteiger partial charge on any atom is 0.146 e. The molecule has 4 rings (SSSR count). The molecule has 0 aromatic heterocycles. The van der Waals surface area contributed by atoms with Crippen LogP contribution >= 0.6 is 0 Å². The highest BCUT2D eigenvalue weighted by Gasteiger charge is 2.36. The molecule has 1 aliphatic carbocycles. The number of nitrogens with one attached hydrogen (secondary N) is 1. The summed E-state index contributed by atoms with van der Waals surface area (Å²) in [5, 5.41) is 3.44. The molecular formula is C17H23FN2O2. The molecule has 2 atom stereocenters. The van der Waals surface area contributed by atoms with Crippen molar-refractivity contribution in [1.29, 1.82) is 0 Å². The predicted octanol–water partition coefficient (Wildman–Crippen LogP) is 2.28. The number of anilines is 1. The van der Waals surface area contributed by atoms with Crippen LogP contribution in [-0.4, -0.2) is 45.5 Å². The van der Waals surface area contributed by atoms with Gasteiger partial charge in [0.15, 0.2) is 0 Å². The average Bonchev–Trinajstić information content (AvgIpc) is 3.34. The SMILES string of the molecule is COC[C@@H]1C[C@@H]2CNCCN2c2cc(F)cc(C3CC3)c2O1. The van der Waals surface area contributed by atoms with Gasteiger partial charge in [0, 0.05) is 50.8 Å². The van der Waals surface area contributed by atoms with Crippen LogP contribution in [0.5, 0.6) is 5.75 Å². The van der Waals surface area contributed by atoms with Gasteiger partial charge in [0.25, 0.3) is 0 Å². The fraction of sp³-hybridized carbons (Fsp3) is 0.647. The Morgan fingerprint density at radius 1 is 1.41 bits per heavy atom. The van der Waals surface area contributed by atoms with Gasteiger partial charge in [-0.05, 0) is 24.8 Å². The zero-order valence-corrected chi connectivity index (χ0v) is 13.0. The van der Waals surface area contributed by atoms with Crippen LogP contribution in [0.2, 0.25) is 0 Å². The van der Waals surface area contributed by atoms with Crippen LogP contribution < -0.4 is 15.0 Å². The molecule has 0 unspecified atom stereocenters. The number of halogens is 1. The minimum absolute atomic E-state index is 0.0293. The summed E-state index contributed by atoms with van der Waals surface area (Å²) >= 11 is 0. The van der Waals surface area contributed by atoms with Crippen LogP contribution in [0.4, 0.5) is 10.1 Å². The van der Waals surface area contributed by atoms with Crippen molar-refractivity contribution >= 4 is 5.69 Å². The molecule has 2 heterocycles. The van der Waals surface area contributed by atoms with E-state index in [-0.39, 0.29) is 11.9 Å². The minimum Gasteiger partial charge on any atom is -0.485 e. The second-order valence-corrected chi connectivity index (χ2v) is 6.60. The average molecular weight is 306 g/mol. The second-order valence-electron chi connectivity index (χ2n) is 6.60. The first-order valence-corrected chi connectivity index (χ1v) is 8.22. The third-order valence-corrected chi connectivity index (χ3v) is 4.91. The van der Waals surface area contributed by atoms with Gasteiger partial charge in [-0.1, -0.05) is 0 Å². The highest BCUT2D eigenvalue weighted by atomic mass is 19.1. The maximum atomic E-state index is 14.2. The third kappa shape index (κ3) is 2.57. The highest BCUT2D eigenvalue weighted by molar-refractivity contribution is 5.65. The normalized spacial score (nSPS) is 27.6. The third-order valence-electron chi connectivity index (χ3n) is 4.91. The second kappa shape index (κ2) is 5.70. The number of rotatable bonds is 3. The van der Waals surface area contributed by atoms with Gasteiger partial charge in [-0.15, -0.1) is 0 Å². The van der Waals surface area contributed by atoms with Crippen molar-refractivity contribution in [3.8, 4) is 5.75 Å². The van der Waals surface area contributed by atoms with Crippen LogP contribution in [0.3, 0.4) is 0 Å². The molecule has 0 spiro atoms. The lowest BCUT2D eigenvalue weighted by atomic mass is 10.0. The monoisotopic (exact) mass is 306 g/mol. The zero-order chi connectivity index (χ0) is 15.1. The molecule has 4 nitrogen and oxygen atoms in total. The molecule has 5 heteroatoms. The molecule has 1 saturated carbocycles. The number of methoxy groups -OCH3 is 1. The van der Waals surface area contributed by atoms with E-state index >= 15 is 0 Å². The Kier molecular flexibility index (Phi) is 3.70. The fourth-order valence-electron chi connectivity index (χ4n) is 3.73. The van der Waals surface area contributed by atoms with Gasteiger partial charge in [-0.3, -0.25) is 0 Å². The number of hydrogen-bond acceptors (Lipinski definition) is 4. The molecule has 1 aromatic carbocycles. The molecule has 2 fully saturated rings. The Morgan fingerprint density at radius 3 is 3.05 bits per heavy atom. The number of nitrogens with zero attached hydrogens (tertiary/aromatic N) is 1. The summed E-state index contributed by atoms with van der Waals surface area (Å²) in [5.41, 5.74) is 1.99. The summed E-state index contributed by atoms with van der Waals surface area (Å²) in [5.74, 6) is 1.22. The topological polar surface area (TPSA) is 33.7 Å². The minimum atomic E-state index is -0.147. The smallest absolute Gasteiger partial charge is 0.146 e. The van der Waals surface area contributed by atoms with Crippen LogP contribution in [0, 0.1) is 5.82 Å². The molecule has 0 amide bonds. The van der Waals surface area contributed by atoms with Gasteiger partial charge in [-0.2, -0.15) is 0 Å². The number of benzene rings is 1. The first-order chi connectivity index (χ1) is 10.8. The summed E-state index contributed by atoms with van der Waals surface area (Å²) < 4.78 is 25.8. The number of hydrogen-bond donors (Lipinski definition) is 1. The molecule has 22 heavy (non-hydrogen) atoms. The lowest BCUT2D eigenvalue weighted by Crippen LogP contribution is -2.52. The van der Waals surface area contributed by atoms with Gasteiger partial charge in [0.05, 0.1) is 12.3 Å². The molecular weight excluding hydrogens is 283 g/mol. The molecule has 2 aliphatic heterocycles. The molecule has 1 N–H and O–H groups in total. The molecule has 1 aromatic rings. The van der Waals surface area contributed by atoms with Crippen molar-refractivity contribution in [3.63, 3.8) is 0 Å². The van der Waals surface area contributed by atoms with E-state index in [1.54, 1.807) is 19.2 Å². The van der Waals surface area contributed by atoms with E-state index in [4.69, 9.17) is 9.47 Å². The molecule has 0 radical (unpaired) electrons. The molecule has 120 valence electrons. The van der Waals surface area contributed by atoms with Crippen LogP contribution in [0.25, 0.3) is 0 Å². The summed E-state index contributed by atoms with van der Waals surface area (Å²) in [7, 11) is 1.71. The summed E-state index contributed by atoms with van der Waals surface area (Å²) in [6, 6.07) is 3.65. The Hall–Kier alpha value is -1.33. The molecule has 0 bridgehead atoms. The van der Waals surface area contributed by atoms with Crippen LogP contribution in [0.1, 0.15) is 30.7 Å². The largest absolute Gasteiger partial charge is 0.485 e. The van der Waals surface area contributed by atoms with Crippen LogP contribution in [0.15, 0.2) is 12.1 Å². The van der Waals surface area contributed by atoms with Gasteiger partial charge >= 0.3 is 0 Å². The lowest BCUT2D eigenvalue weighted by molar-refractivity contribution is 0.0739. The molecule has 3 aliphatic rings. The van der Waals surface area contributed by atoms with Gasteiger partial charge in [-0.25, -0.2) is 4.39 Å².